The lowest BCUT2D eigenvalue weighted by atomic mass is 10.0. The first-order chi connectivity index (χ1) is 13.1. The van der Waals surface area contributed by atoms with Crippen molar-refractivity contribution in [2.75, 3.05) is 4.90 Å². The molecule has 0 spiro atoms. The number of rotatable bonds is 2. The fourth-order valence-electron chi connectivity index (χ4n) is 3.27. The first kappa shape index (κ1) is 17.2. The molecule has 2 heterocycles. The smallest absolute Gasteiger partial charge is 0.290 e. The van der Waals surface area contributed by atoms with Crippen molar-refractivity contribution in [3.63, 3.8) is 0 Å². The van der Waals surface area contributed by atoms with Crippen LogP contribution in [-0.2, 0) is 22.4 Å². The van der Waals surface area contributed by atoms with Gasteiger partial charge in [-0.15, -0.1) is 0 Å². The van der Waals surface area contributed by atoms with Crippen molar-refractivity contribution in [1.82, 2.24) is 5.32 Å². The quantitative estimate of drug-likeness (QED) is 0.641. The van der Waals surface area contributed by atoms with E-state index < -0.39 is 17.1 Å². The number of anilines is 2. The van der Waals surface area contributed by atoms with Gasteiger partial charge in [0.05, 0.1) is 16.3 Å². The number of aldehydes is 1. The first-order valence-electron chi connectivity index (χ1n) is 8.32. The molecule has 2 aromatic rings. The number of hydrogen-bond acceptors (Lipinski definition) is 5. The largest absolute Gasteiger partial charge is 0.298 e. The third-order valence-electron chi connectivity index (χ3n) is 4.49. The first-order valence-corrected chi connectivity index (χ1v) is 9.13. The molecular weight excluding hydrogens is 364 g/mol. The van der Waals surface area contributed by atoms with E-state index in [9.17, 15) is 19.2 Å². The lowest BCUT2D eigenvalue weighted by molar-refractivity contribution is -0.116. The number of aryl methyl sites for hydroxylation is 2. The van der Waals surface area contributed by atoms with Gasteiger partial charge in [-0.1, -0.05) is 18.2 Å². The summed E-state index contributed by atoms with van der Waals surface area (Å²) in [4.78, 5) is 49.1. The van der Waals surface area contributed by atoms with Crippen molar-refractivity contribution in [1.29, 1.82) is 0 Å². The zero-order chi connectivity index (χ0) is 19.0. The Morgan fingerprint density at radius 2 is 1.78 bits per heavy atom. The average Bonchev–Trinajstić information content (AvgIpc) is 2.89. The van der Waals surface area contributed by atoms with Gasteiger partial charge in [0.2, 0.25) is 0 Å². The summed E-state index contributed by atoms with van der Waals surface area (Å²) in [6.07, 6.45) is 3.36. The van der Waals surface area contributed by atoms with Crippen LogP contribution in [0.15, 0.2) is 53.4 Å². The van der Waals surface area contributed by atoms with Gasteiger partial charge < -0.3 is 0 Å². The van der Waals surface area contributed by atoms with Crippen molar-refractivity contribution < 1.29 is 19.2 Å². The van der Waals surface area contributed by atoms with E-state index in [1.807, 2.05) is 24.3 Å². The van der Waals surface area contributed by atoms with Gasteiger partial charge in [0.25, 0.3) is 17.1 Å². The molecule has 0 bridgehead atoms. The molecule has 0 aliphatic carbocycles. The Labute approximate surface area is 159 Å². The highest BCUT2D eigenvalue weighted by atomic mass is 32.2. The van der Waals surface area contributed by atoms with Gasteiger partial charge in [0, 0.05) is 11.6 Å². The Morgan fingerprint density at radius 3 is 2.52 bits per heavy atom. The number of para-hydroxylation sites is 1. The van der Waals surface area contributed by atoms with E-state index in [1.165, 1.54) is 11.0 Å². The Kier molecular flexibility index (Phi) is 4.37. The lowest BCUT2D eigenvalue weighted by Gasteiger charge is -2.24. The molecule has 2 aliphatic rings. The van der Waals surface area contributed by atoms with E-state index >= 15 is 0 Å². The molecule has 6 nitrogen and oxygen atoms in total. The molecule has 4 rings (SSSR count). The predicted molar refractivity (Wildman–Crippen MR) is 102 cm³/mol. The van der Waals surface area contributed by atoms with Crippen LogP contribution < -0.4 is 10.2 Å². The number of carbonyl (C=O) groups is 4. The zero-order valence-corrected chi connectivity index (χ0v) is 14.9. The van der Waals surface area contributed by atoms with Gasteiger partial charge in [-0.2, -0.15) is 0 Å². The molecule has 7 heteroatoms. The van der Waals surface area contributed by atoms with Crippen molar-refractivity contribution in [3.8, 4) is 0 Å². The van der Waals surface area contributed by atoms with Crippen LogP contribution in [0, 0.1) is 0 Å². The molecule has 2 aromatic carbocycles. The van der Waals surface area contributed by atoms with Gasteiger partial charge in [-0.3, -0.25) is 29.4 Å². The van der Waals surface area contributed by atoms with Crippen LogP contribution >= 0.6 is 11.8 Å². The van der Waals surface area contributed by atoms with Crippen LogP contribution in [0.5, 0.6) is 0 Å². The topological polar surface area (TPSA) is 83.6 Å². The zero-order valence-electron chi connectivity index (χ0n) is 14.1. The summed E-state index contributed by atoms with van der Waals surface area (Å²) in [6.45, 7) is 0. The van der Waals surface area contributed by atoms with Crippen LogP contribution in [0.1, 0.15) is 21.5 Å². The van der Waals surface area contributed by atoms with E-state index in [2.05, 4.69) is 5.32 Å². The van der Waals surface area contributed by atoms with Gasteiger partial charge in [-0.05, 0) is 60.0 Å². The van der Waals surface area contributed by atoms with E-state index in [-0.39, 0.29) is 4.91 Å². The highest BCUT2D eigenvalue weighted by Gasteiger charge is 2.29. The average molecular weight is 378 g/mol. The number of hydrogen-bond donors (Lipinski definition) is 1. The Morgan fingerprint density at radius 1 is 1.04 bits per heavy atom. The minimum Gasteiger partial charge on any atom is -0.298 e. The fourth-order valence-corrected chi connectivity index (χ4v) is 3.92. The number of nitrogens with one attached hydrogen (secondary N) is 1. The summed E-state index contributed by atoms with van der Waals surface area (Å²) < 4.78 is 0. The van der Waals surface area contributed by atoms with E-state index in [1.54, 1.807) is 18.2 Å². The molecule has 0 unspecified atom stereocenters. The molecule has 0 radical (unpaired) electrons. The van der Waals surface area contributed by atoms with Crippen LogP contribution in [-0.4, -0.2) is 23.3 Å². The fraction of sp³-hybridized carbons (Fsp3) is 0.100. The number of thioether (sulfide) groups is 1. The SMILES string of the molecule is O=Cc1ccc2c(c1)CCc1ccccc1N2C(=O)C=C1SC(=O)NC1=O. The van der Waals surface area contributed by atoms with E-state index in [4.69, 9.17) is 0 Å². The Balaban J connectivity index is 1.84. The highest BCUT2D eigenvalue weighted by Crippen LogP contribution is 2.37. The third kappa shape index (κ3) is 3.17. The summed E-state index contributed by atoms with van der Waals surface area (Å²) in [5.74, 6) is -0.991. The molecule has 0 atom stereocenters. The molecule has 134 valence electrons. The van der Waals surface area contributed by atoms with Crippen LogP contribution in [0.3, 0.4) is 0 Å². The number of carbonyl (C=O) groups excluding carboxylic acids is 4. The van der Waals surface area contributed by atoms with Crippen molar-refractivity contribution >= 4 is 46.5 Å². The second-order valence-corrected chi connectivity index (χ2v) is 7.18. The normalized spacial score (nSPS) is 17.2. The number of nitrogens with zero attached hydrogens (tertiary/aromatic N) is 1. The van der Waals surface area contributed by atoms with Crippen molar-refractivity contribution in [2.45, 2.75) is 12.8 Å². The summed E-state index contributed by atoms with van der Waals surface area (Å²) in [6, 6.07) is 12.7. The van der Waals surface area contributed by atoms with E-state index in [0.717, 1.165) is 29.5 Å². The highest BCUT2D eigenvalue weighted by molar-refractivity contribution is 8.18. The molecule has 1 saturated heterocycles. The molecule has 1 fully saturated rings. The molecule has 0 aromatic heterocycles. The second-order valence-electron chi connectivity index (χ2n) is 6.16. The minimum atomic E-state index is -0.571. The predicted octanol–water partition coefficient (Wildman–Crippen LogP) is 3.13. The van der Waals surface area contributed by atoms with Crippen molar-refractivity contribution in [2.24, 2.45) is 0 Å². The second kappa shape index (κ2) is 6.85. The van der Waals surface area contributed by atoms with Crippen molar-refractivity contribution in [3.05, 3.63) is 70.1 Å². The molecule has 3 amide bonds. The van der Waals surface area contributed by atoms with Gasteiger partial charge >= 0.3 is 0 Å². The molecule has 2 aliphatic heterocycles. The summed E-state index contributed by atoms with van der Waals surface area (Å²) in [5, 5.41) is 1.65. The third-order valence-corrected chi connectivity index (χ3v) is 5.30. The van der Waals surface area contributed by atoms with Gasteiger partial charge in [0.15, 0.2) is 0 Å². The Bertz CT molecular complexity index is 1030. The molecule has 27 heavy (non-hydrogen) atoms. The van der Waals surface area contributed by atoms with Crippen LogP contribution in [0.4, 0.5) is 16.2 Å². The Hall–Kier alpha value is -3.19. The summed E-state index contributed by atoms with van der Waals surface area (Å²) >= 11 is 0.708. The number of amides is 3. The monoisotopic (exact) mass is 378 g/mol. The maximum atomic E-state index is 13.1. The maximum absolute atomic E-state index is 13.1. The molecule has 0 saturated carbocycles. The number of imide groups is 1. The standard InChI is InChI=1S/C20H14N2O4S/c23-11-12-5-8-16-14(9-12)7-6-13-3-1-2-4-15(13)22(16)18(24)10-17-19(25)21-20(26)27-17/h1-5,8-11H,6-7H2,(H,21,25,26). The minimum absolute atomic E-state index is 0.0674. The van der Waals surface area contributed by atoms with Crippen LogP contribution in [0.25, 0.3) is 0 Å². The number of benzene rings is 2. The molecular formula is C20H14N2O4S. The number of fused-ring (bicyclic) bond motifs is 2. The van der Waals surface area contributed by atoms with Crippen LogP contribution in [0.2, 0.25) is 0 Å². The van der Waals surface area contributed by atoms with E-state index in [0.29, 0.717) is 29.4 Å². The van der Waals surface area contributed by atoms with Gasteiger partial charge in [-0.25, -0.2) is 0 Å². The summed E-state index contributed by atoms with van der Waals surface area (Å²) in [5.41, 5.74) is 3.81. The lowest BCUT2D eigenvalue weighted by Crippen LogP contribution is -2.26. The summed E-state index contributed by atoms with van der Waals surface area (Å²) in [7, 11) is 0. The maximum Gasteiger partial charge on any atom is 0.290 e. The van der Waals surface area contributed by atoms with Gasteiger partial charge in [0.1, 0.15) is 6.29 Å². The molecule has 1 N–H and O–H groups in total.